The highest BCUT2D eigenvalue weighted by Crippen LogP contribution is 2.37. The van der Waals surface area contributed by atoms with E-state index in [1.807, 2.05) is 0 Å². The minimum absolute atomic E-state index is 0.0969. The standard InChI is InChI=1S/C18H14ClFN4OS/c19-13-5-2-6-14(24-18(21)26)15(13)16-17(23-8-7-22-16)25-10-11-3-1-4-12(20)9-11/h1-9H,10H2,(H3,21,24,26). The van der Waals surface area contributed by atoms with Crippen molar-refractivity contribution >= 4 is 34.6 Å². The second kappa shape index (κ2) is 8.07. The summed E-state index contributed by atoms with van der Waals surface area (Å²) in [5, 5.41) is 3.40. The number of aromatic nitrogens is 2. The van der Waals surface area contributed by atoms with Crippen molar-refractivity contribution in [3.05, 3.63) is 71.3 Å². The van der Waals surface area contributed by atoms with Gasteiger partial charge in [0.15, 0.2) is 5.11 Å². The van der Waals surface area contributed by atoms with Gasteiger partial charge in [-0.1, -0.05) is 29.8 Å². The molecule has 132 valence electrons. The zero-order valence-electron chi connectivity index (χ0n) is 13.4. The van der Waals surface area contributed by atoms with Crippen LogP contribution in [0.2, 0.25) is 5.02 Å². The van der Waals surface area contributed by atoms with Gasteiger partial charge in [0.25, 0.3) is 0 Å². The maximum Gasteiger partial charge on any atom is 0.241 e. The molecule has 8 heteroatoms. The topological polar surface area (TPSA) is 73.1 Å². The van der Waals surface area contributed by atoms with Gasteiger partial charge >= 0.3 is 0 Å². The first kappa shape index (κ1) is 18.0. The number of hydrogen-bond donors (Lipinski definition) is 2. The molecule has 0 radical (unpaired) electrons. The Balaban J connectivity index is 1.96. The van der Waals surface area contributed by atoms with Crippen LogP contribution in [0.15, 0.2) is 54.9 Å². The van der Waals surface area contributed by atoms with Gasteiger partial charge in [-0.3, -0.25) is 0 Å². The third kappa shape index (κ3) is 4.25. The molecule has 0 aliphatic heterocycles. The van der Waals surface area contributed by atoms with Crippen molar-refractivity contribution in [1.82, 2.24) is 9.97 Å². The third-order valence-corrected chi connectivity index (χ3v) is 3.85. The summed E-state index contributed by atoms with van der Waals surface area (Å²) in [6.45, 7) is 0.131. The molecule has 1 heterocycles. The van der Waals surface area contributed by atoms with E-state index in [-0.39, 0.29) is 23.4 Å². The van der Waals surface area contributed by atoms with Gasteiger partial charge in [-0.15, -0.1) is 0 Å². The smallest absolute Gasteiger partial charge is 0.241 e. The summed E-state index contributed by atoms with van der Waals surface area (Å²) >= 11 is 11.3. The van der Waals surface area contributed by atoms with Gasteiger partial charge in [0, 0.05) is 18.0 Å². The number of halogens is 2. The Hall–Kier alpha value is -2.77. The Kier molecular flexibility index (Phi) is 5.60. The molecule has 3 N–H and O–H groups in total. The van der Waals surface area contributed by atoms with E-state index in [2.05, 4.69) is 15.3 Å². The fourth-order valence-corrected chi connectivity index (χ4v) is 2.76. The summed E-state index contributed by atoms with van der Waals surface area (Å²) in [6.07, 6.45) is 3.03. The second-order valence-electron chi connectivity index (χ2n) is 5.28. The van der Waals surface area contributed by atoms with E-state index in [1.165, 1.54) is 24.5 Å². The van der Waals surface area contributed by atoms with Crippen molar-refractivity contribution in [3.8, 4) is 17.1 Å². The number of ether oxygens (including phenoxy) is 1. The van der Waals surface area contributed by atoms with E-state index in [1.54, 1.807) is 30.3 Å². The summed E-state index contributed by atoms with van der Waals surface area (Å²) in [4.78, 5) is 8.56. The molecule has 0 unspecified atom stereocenters. The highest BCUT2D eigenvalue weighted by atomic mass is 35.5. The lowest BCUT2D eigenvalue weighted by molar-refractivity contribution is 0.293. The molecule has 0 saturated carbocycles. The third-order valence-electron chi connectivity index (χ3n) is 3.44. The van der Waals surface area contributed by atoms with Gasteiger partial charge < -0.3 is 15.8 Å². The van der Waals surface area contributed by atoms with Crippen LogP contribution in [0.3, 0.4) is 0 Å². The van der Waals surface area contributed by atoms with E-state index in [0.717, 1.165) is 0 Å². The van der Waals surface area contributed by atoms with E-state index < -0.39 is 0 Å². The molecule has 0 fully saturated rings. The molecular weight excluding hydrogens is 375 g/mol. The highest BCUT2D eigenvalue weighted by molar-refractivity contribution is 7.80. The molecule has 3 aromatic rings. The monoisotopic (exact) mass is 388 g/mol. The molecule has 0 aliphatic rings. The average Bonchev–Trinajstić information content (AvgIpc) is 2.60. The van der Waals surface area contributed by atoms with Crippen LogP contribution in [0, 0.1) is 5.82 Å². The van der Waals surface area contributed by atoms with Gasteiger partial charge in [-0.2, -0.15) is 0 Å². The summed E-state index contributed by atoms with van der Waals surface area (Å²) in [7, 11) is 0. The van der Waals surface area contributed by atoms with E-state index >= 15 is 0 Å². The SMILES string of the molecule is NC(=S)Nc1cccc(Cl)c1-c1nccnc1OCc1cccc(F)c1. The number of nitrogens with zero attached hydrogens (tertiary/aromatic N) is 2. The van der Waals surface area contributed by atoms with Gasteiger partial charge in [-0.25, -0.2) is 14.4 Å². The summed E-state index contributed by atoms with van der Waals surface area (Å²) in [5.41, 5.74) is 7.82. The Morgan fingerprint density at radius 2 is 1.96 bits per heavy atom. The first-order valence-corrected chi connectivity index (χ1v) is 8.37. The number of nitrogens with two attached hydrogens (primary N) is 1. The molecule has 1 aromatic heterocycles. The number of benzene rings is 2. The van der Waals surface area contributed by atoms with Crippen LogP contribution >= 0.6 is 23.8 Å². The van der Waals surface area contributed by atoms with Crippen molar-refractivity contribution in [2.45, 2.75) is 6.61 Å². The minimum atomic E-state index is -0.334. The van der Waals surface area contributed by atoms with Crippen molar-refractivity contribution in [2.75, 3.05) is 5.32 Å². The molecule has 0 aliphatic carbocycles. The maximum absolute atomic E-state index is 13.3. The predicted octanol–water partition coefficient (Wildman–Crippen LogP) is 4.17. The summed E-state index contributed by atoms with van der Waals surface area (Å²) < 4.78 is 19.1. The Bertz CT molecular complexity index is 954. The van der Waals surface area contributed by atoms with Crippen LogP contribution in [0.25, 0.3) is 11.3 Å². The number of rotatable bonds is 5. The Morgan fingerprint density at radius 3 is 2.73 bits per heavy atom. The first-order valence-electron chi connectivity index (χ1n) is 7.58. The number of nitrogens with one attached hydrogen (secondary N) is 1. The molecule has 0 saturated heterocycles. The second-order valence-corrected chi connectivity index (χ2v) is 6.13. The van der Waals surface area contributed by atoms with Gasteiger partial charge in [0.2, 0.25) is 5.88 Å². The predicted molar refractivity (Wildman–Crippen MR) is 104 cm³/mol. The van der Waals surface area contributed by atoms with E-state index in [0.29, 0.717) is 27.5 Å². The van der Waals surface area contributed by atoms with Crippen molar-refractivity contribution in [2.24, 2.45) is 5.73 Å². The lowest BCUT2D eigenvalue weighted by Gasteiger charge is -2.15. The Labute approximate surface area is 160 Å². The molecule has 26 heavy (non-hydrogen) atoms. The van der Waals surface area contributed by atoms with Gasteiger partial charge in [-0.05, 0) is 42.0 Å². The molecule has 0 spiro atoms. The lowest BCUT2D eigenvalue weighted by atomic mass is 10.1. The number of thiocarbonyl (C=S) groups is 1. The zero-order chi connectivity index (χ0) is 18.5. The maximum atomic E-state index is 13.3. The average molecular weight is 389 g/mol. The van der Waals surface area contributed by atoms with Crippen LogP contribution in [0.5, 0.6) is 5.88 Å². The number of anilines is 1. The fraction of sp³-hybridized carbons (Fsp3) is 0.0556. The van der Waals surface area contributed by atoms with E-state index in [4.69, 9.17) is 34.3 Å². The van der Waals surface area contributed by atoms with Crippen LogP contribution in [0.1, 0.15) is 5.56 Å². The molecule has 0 bridgehead atoms. The van der Waals surface area contributed by atoms with Crippen LogP contribution in [0.4, 0.5) is 10.1 Å². The quantitative estimate of drug-likeness (QED) is 0.639. The fourth-order valence-electron chi connectivity index (χ4n) is 2.38. The summed E-state index contributed by atoms with van der Waals surface area (Å²) in [5.74, 6) is -0.0737. The van der Waals surface area contributed by atoms with Gasteiger partial charge in [0.05, 0.1) is 10.7 Å². The van der Waals surface area contributed by atoms with Crippen molar-refractivity contribution in [1.29, 1.82) is 0 Å². The summed E-state index contributed by atoms with van der Waals surface area (Å²) in [6, 6.07) is 11.4. The zero-order valence-corrected chi connectivity index (χ0v) is 15.0. The molecule has 2 aromatic carbocycles. The lowest BCUT2D eigenvalue weighted by Crippen LogP contribution is -2.19. The molecule has 3 rings (SSSR count). The van der Waals surface area contributed by atoms with Crippen LogP contribution < -0.4 is 15.8 Å². The number of hydrogen-bond acceptors (Lipinski definition) is 4. The Morgan fingerprint density at radius 1 is 1.19 bits per heavy atom. The largest absolute Gasteiger partial charge is 0.471 e. The molecule has 0 amide bonds. The molecular formula is C18H14ClFN4OS. The van der Waals surface area contributed by atoms with E-state index in [9.17, 15) is 4.39 Å². The van der Waals surface area contributed by atoms with Gasteiger partial charge in [0.1, 0.15) is 18.1 Å². The molecule has 5 nitrogen and oxygen atoms in total. The molecule has 0 atom stereocenters. The van der Waals surface area contributed by atoms with Crippen LogP contribution in [-0.2, 0) is 6.61 Å². The highest BCUT2D eigenvalue weighted by Gasteiger charge is 2.17. The van der Waals surface area contributed by atoms with Crippen LogP contribution in [-0.4, -0.2) is 15.1 Å². The van der Waals surface area contributed by atoms with Crippen molar-refractivity contribution in [3.63, 3.8) is 0 Å². The van der Waals surface area contributed by atoms with Crippen molar-refractivity contribution < 1.29 is 9.13 Å². The first-order chi connectivity index (χ1) is 12.5. The normalized spacial score (nSPS) is 10.4. The minimum Gasteiger partial charge on any atom is -0.471 e.